The summed E-state index contributed by atoms with van der Waals surface area (Å²) < 4.78 is 69.7. The number of hydrogen-bond donors (Lipinski definition) is 3. The summed E-state index contributed by atoms with van der Waals surface area (Å²) in [5, 5.41) is 14.1. The number of ether oxygens (including phenoxy) is 7. The molecule has 2 aromatic carbocycles. The smallest absolute Gasteiger partial charge is 0.306 e. The number of carboxylic acids is 1. The molecule has 2 aromatic rings. The van der Waals surface area contributed by atoms with E-state index in [1.165, 1.54) is 24.0 Å². The third-order valence-electron chi connectivity index (χ3n) is 10.7. The Balaban J connectivity index is 0.944. The summed E-state index contributed by atoms with van der Waals surface area (Å²) in [6, 6.07) is 3.14. The molecule has 0 aliphatic carbocycles. The molecule has 0 radical (unpaired) electrons. The largest absolute Gasteiger partial charge is 0.493 e. The summed E-state index contributed by atoms with van der Waals surface area (Å²) in [5.74, 6) is -6.11. The molecule has 0 aromatic heterocycles. The number of halogens is 2. The molecule has 0 saturated heterocycles. The summed E-state index contributed by atoms with van der Waals surface area (Å²) >= 11 is 0. The number of rotatable bonds is 28. The van der Waals surface area contributed by atoms with Gasteiger partial charge in [0.05, 0.1) is 73.2 Å². The fraction of sp³-hybridized carbons (Fsp3) is 0.511. The number of methoxy groups -OCH3 is 2. The van der Waals surface area contributed by atoms with Gasteiger partial charge in [-0.05, 0) is 30.2 Å². The molecular weight excluding hydrogens is 905 g/mol. The van der Waals surface area contributed by atoms with Gasteiger partial charge < -0.3 is 58.7 Å². The molecule has 0 saturated carbocycles. The van der Waals surface area contributed by atoms with Crippen LogP contribution >= 0.6 is 0 Å². The average molecular weight is 960 g/mol. The van der Waals surface area contributed by atoms with E-state index >= 15 is 8.78 Å². The number of imide groups is 1. The van der Waals surface area contributed by atoms with Gasteiger partial charge in [-0.25, -0.2) is 8.78 Å². The van der Waals surface area contributed by atoms with Crippen LogP contribution in [0, 0.1) is 11.6 Å². The van der Waals surface area contributed by atoms with Crippen LogP contribution in [0.25, 0.3) is 0 Å². The van der Waals surface area contributed by atoms with Crippen LogP contribution in [-0.2, 0) is 78.7 Å². The topological polar surface area (TPSA) is 255 Å². The standard InChI is InChI=1S/C45H55F2N5O16/c1-27(21-49-34(53)11-15-64-17-18-65-16-12-48-35(54)26-52-38(57)5-6-39(52)58)68-41(61)10-8-37(56)51-23-29-20-33(63-3)45(43(47)31(29)25-51)67-14-4-13-66-44-32(62-2)19-28-22-50(24-30(28)42(44)46)36(55)7-9-40(59)60/h5-6,19-20,27H,4,7-18,21-26H2,1-3H3,(H,48,54)(H,49,53)(H,59,60)/t27-/m0/s1. The highest BCUT2D eigenvalue weighted by Gasteiger charge is 2.32. The summed E-state index contributed by atoms with van der Waals surface area (Å²) in [7, 11) is 2.68. The summed E-state index contributed by atoms with van der Waals surface area (Å²) in [6.07, 6.45) is 0.699. The number of carboxylic acid groups (broad SMARTS) is 1. The first-order chi connectivity index (χ1) is 32.6. The number of carbonyl (C=O) groups excluding carboxylic acids is 7. The Morgan fingerprint density at radius 3 is 1.74 bits per heavy atom. The molecule has 23 heteroatoms. The lowest BCUT2D eigenvalue weighted by molar-refractivity contribution is -0.150. The van der Waals surface area contributed by atoms with Gasteiger partial charge in [0, 0.05) is 81.7 Å². The molecule has 3 aliphatic heterocycles. The van der Waals surface area contributed by atoms with Crippen molar-refractivity contribution in [2.75, 3.05) is 73.5 Å². The van der Waals surface area contributed by atoms with E-state index in [2.05, 4.69) is 10.6 Å². The fourth-order valence-corrected chi connectivity index (χ4v) is 7.20. The minimum Gasteiger partial charge on any atom is -0.493 e. The monoisotopic (exact) mass is 959 g/mol. The maximum Gasteiger partial charge on any atom is 0.306 e. The zero-order chi connectivity index (χ0) is 49.3. The maximum atomic E-state index is 15.9. The number of nitrogens with one attached hydrogen (secondary N) is 2. The molecule has 3 aliphatic rings. The minimum atomic E-state index is -1.11. The van der Waals surface area contributed by atoms with Crippen LogP contribution in [0.15, 0.2) is 24.3 Å². The van der Waals surface area contributed by atoms with E-state index in [0.717, 1.165) is 17.1 Å². The van der Waals surface area contributed by atoms with Crippen molar-refractivity contribution in [2.24, 2.45) is 0 Å². The summed E-state index contributed by atoms with van der Waals surface area (Å²) in [6.45, 7) is 1.95. The van der Waals surface area contributed by atoms with Crippen molar-refractivity contribution in [3.8, 4) is 23.0 Å². The van der Waals surface area contributed by atoms with Gasteiger partial charge in [0.15, 0.2) is 34.6 Å². The Labute approximate surface area is 389 Å². The molecule has 6 amide bonds. The number of amides is 6. The summed E-state index contributed by atoms with van der Waals surface area (Å²) in [5.41, 5.74) is 1.48. The van der Waals surface area contributed by atoms with E-state index in [0.29, 0.717) is 11.1 Å². The number of benzene rings is 2. The van der Waals surface area contributed by atoms with E-state index in [-0.39, 0.29) is 164 Å². The van der Waals surface area contributed by atoms with Crippen LogP contribution in [-0.4, -0.2) is 147 Å². The van der Waals surface area contributed by atoms with E-state index < -0.39 is 59.2 Å². The molecule has 68 heavy (non-hydrogen) atoms. The second kappa shape index (κ2) is 25.3. The summed E-state index contributed by atoms with van der Waals surface area (Å²) in [4.78, 5) is 99.7. The Kier molecular flexibility index (Phi) is 19.4. The third-order valence-corrected chi connectivity index (χ3v) is 10.7. The molecule has 370 valence electrons. The molecule has 3 heterocycles. The maximum absolute atomic E-state index is 15.9. The Morgan fingerprint density at radius 1 is 0.676 bits per heavy atom. The highest BCUT2D eigenvalue weighted by molar-refractivity contribution is 6.14. The third kappa shape index (κ3) is 14.6. The van der Waals surface area contributed by atoms with Crippen LogP contribution in [0.1, 0.15) is 67.7 Å². The number of hydrogen-bond acceptors (Lipinski definition) is 15. The van der Waals surface area contributed by atoms with E-state index in [1.54, 1.807) is 19.1 Å². The molecule has 0 fully saturated rings. The Morgan fingerprint density at radius 2 is 1.21 bits per heavy atom. The number of carbonyl (C=O) groups is 8. The number of esters is 1. The molecule has 0 unspecified atom stereocenters. The van der Waals surface area contributed by atoms with Crippen molar-refractivity contribution in [2.45, 2.75) is 77.7 Å². The fourth-order valence-electron chi connectivity index (χ4n) is 7.20. The zero-order valence-electron chi connectivity index (χ0n) is 38.0. The second-order valence-electron chi connectivity index (χ2n) is 15.7. The van der Waals surface area contributed by atoms with Gasteiger partial charge in [-0.3, -0.25) is 43.3 Å². The normalized spacial score (nSPS) is 14.1. The Hall–Kier alpha value is -6.88. The van der Waals surface area contributed by atoms with E-state index in [4.69, 9.17) is 38.3 Å². The lowest BCUT2D eigenvalue weighted by Gasteiger charge is -2.17. The predicted octanol–water partition coefficient (Wildman–Crippen LogP) is 1.67. The average Bonchev–Trinajstić information content (AvgIpc) is 4.04. The van der Waals surface area contributed by atoms with Gasteiger partial charge in [0.2, 0.25) is 23.6 Å². The van der Waals surface area contributed by atoms with Crippen molar-refractivity contribution in [1.82, 2.24) is 25.3 Å². The van der Waals surface area contributed by atoms with Crippen LogP contribution in [0.2, 0.25) is 0 Å². The van der Waals surface area contributed by atoms with Crippen molar-refractivity contribution in [1.29, 1.82) is 0 Å². The molecule has 0 spiro atoms. The van der Waals surface area contributed by atoms with Crippen molar-refractivity contribution in [3.05, 3.63) is 58.2 Å². The lowest BCUT2D eigenvalue weighted by Crippen LogP contribution is -2.41. The number of fused-ring (bicyclic) bond motifs is 2. The lowest BCUT2D eigenvalue weighted by atomic mass is 10.1. The highest BCUT2D eigenvalue weighted by Crippen LogP contribution is 2.40. The minimum absolute atomic E-state index is 0.0226. The Bertz CT molecular complexity index is 2240. The van der Waals surface area contributed by atoms with Gasteiger partial charge in [0.25, 0.3) is 11.8 Å². The number of aliphatic carboxylic acids is 1. The second-order valence-corrected chi connectivity index (χ2v) is 15.7. The quantitative estimate of drug-likeness (QED) is 0.0623. The van der Waals surface area contributed by atoms with Crippen LogP contribution in [0.3, 0.4) is 0 Å². The van der Waals surface area contributed by atoms with Gasteiger partial charge >= 0.3 is 11.9 Å². The highest BCUT2D eigenvalue weighted by atomic mass is 19.1. The molecule has 5 rings (SSSR count). The first-order valence-electron chi connectivity index (χ1n) is 21.8. The molecule has 3 N–H and O–H groups in total. The molecule has 21 nitrogen and oxygen atoms in total. The predicted molar refractivity (Wildman–Crippen MR) is 230 cm³/mol. The van der Waals surface area contributed by atoms with Crippen LogP contribution < -0.4 is 29.6 Å². The van der Waals surface area contributed by atoms with Gasteiger partial charge in [0.1, 0.15) is 12.6 Å². The SMILES string of the molecule is COc1cc2c(c(F)c1OCCCOc1c(OC)cc3c(c1F)CN(C(=O)CCC(=O)O[C@@H](C)CNC(=O)CCOCCOCCNC(=O)CN1C(=O)C=CC1=O)C3)CN(C(=O)CCC(=O)O)C2. The first kappa shape index (κ1) is 52.1. The van der Waals surface area contributed by atoms with Crippen LogP contribution in [0.4, 0.5) is 8.78 Å². The van der Waals surface area contributed by atoms with E-state index in [1.807, 2.05) is 0 Å². The van der Waals surface area contributed by atoms with Gasteiger partial charge in [-0.15, -0.1) is 0 Å². The van der Waals surface area contributed by atoms with Crippen molar-refractivity contribution >= 4 is 47.4 Å². The molecule has 0 bridgehead atoms. The molecular formula is C45H55F2N5O16. The molecule has 1 atom stereocenters. The van der Waals surface area contributed by atoms with E-state index in [9.17, 15) is 38.4 Å². The van der Waals surface area contributed by atoms with Crippen molar-refractivity contribution in [3.63, 3.8) is 0 Å². The number of nitrogens with zero attached hydrogens (tertiary/aromatic N) is 3. The first-order valence-corrected chi connectivity index (χ1v) is 21.8. The van der Waals surface area contributed by atoms with Crippen LogP contribution in [0.5, 0.6) is 23.0 Å². The van der Waals surface area contributed by atoms with Gasteiger partial charge in [-0.1, -0.05) is 0 Å². The van der Waals surface area contributed by atoms with Crippen molar-refractivity contribution < 1.29 is 85.4 Å². The zero-order valence-corrected chi connectivity index (χ0v) is 38.0. The van der Waals surface area contributed by atoms with Gasteiger partial charge in [-0.2, -0.15) is 0 Å².